The molecule has 148 valence electrons. The molecular weight excluding hydrogens is 322 g/mol. The minimum atomic E-state index is -0.318. The monoisotopic (exact) mass is 361 g/mol. The van der Waals surface area contributed by atoms with Gasteiger partial charge in [0.2, 0.25) is 5.91 Å². The first-order chi connectivity index (χ1) is 12.3. The second-order valence-electron chi connectivity index (χ2n) is 10.2. The maximum absolute atomic E-state index is 13.1. The summed E-state index contributed by atoms with van der Waals surface area (Å²) < 4.78 is 0. The first-order valence-electron chi connectivity index (χ1n) is 11.1. The highest BCUT2D eigenvalue weighted by Gasteiger charge is 2.50. The second kappa shape index (κ2) is 8.02. The molecular formula is C23H39NO2. The molecule has 0 spiro atoms. The summed E-state index contributed by atoms with van der Waals surface area (Å²) in [6, 6.07) is 0. The number of Topliss-reactive ketones (excluding diaryl/α,β-unsaturated/α-hetero) is 1. The summed E-state index contributed by atoms with van der Waals surface area (Å²) in [6.45, 7) is 7.13. The SMILES string of the molecule is CC(=O)C1(CN(C)C(=O)C2CCCCC2)CC(C)C[C@@H]2CC(C)CC1C2. The number of ketones is 1. The van der Waals surface area contributed by atoms with Crippen molar-refractivity contribution >= 4 is 11.7 Å². The first kappa shape index (κ1) is 19.9. The topological polar surface area (TPSA) is 37.4 Å². The van der Waals surface area contributed by atoms with Crippen molar-refractivity contribution in [2.24, 2.45) is 35.0 Å². The van der Waals surface area contributed by atoms with Gasteiger partial charge < -0.3 is 4.90 Å². The standard InChI is InChI=1S/C23H39NO2/c1-16-10-19-11-17(2)14-23(18(3)25,21(12-16)13-19)15-24(4)22(26)20-8-6-5-7-9-20/h16-17,19-21H,5-15H2,1-4H3/t16?,17?,19-,21?,23?/m0/s1. The maximum atomic E-state index is 13.1. The maximum Gasteiger partial charge on any atom is 0.225 e. The zero-order valence-electron chi connectivity index (χ0n) is 17.4. The molecule has 0 radical (unpaired) electrons. The lowest BCUT2D eigenvalue weighted by atomic mass is 9.62. The summed E-state index contributed by atoms with van der Waals surface area (Å²) in [5.74, 6) is 3.34. The van der Waals surface area contributed by atoms with Gasteiger partial charge in [0.1, 0.15) is 5.78 Å². The Hall–Kier alpha value is -0.860. The van der Waals surface area contributed by atoms with Gasteiger partial charge in [0.05, 0.1) is 0 Å². The van der Waals surface area contributed by atoms with E-state index < -0.39 is 0 Å². The summed E-state index contributed by atoms with van der Waals surface area (Å²) in [7, 11) is 1.96. The molecule has 5 atom stereocenters. The highest BCUT2D eigenvalue weighted by Crippen LogP contribution is 2.52. The number of amides is 1. The van der Waals surface area contributed by atoms with E-state index in [4.69, 9.17) is 0 Å². The third-order valence-corrected chi connectivity index (χ3v) is 7.82. The number of carbonyl (C=O) groups is 2. The predicted octanol–water partition coefficient (Wildman–Crippen LogP) is 5.08. The largest absolute Gasteiger partial charge is 0.345 e. The molecule has 0 saturated heterocycles. The van der Waals surface area contributed by atoms with Crippen molar-refractivity contribution < 1.29 is 9.59 Å². The molecule has 4 unspecified atom stereocenters. The molecule has 0 aliphatic heterocycles. The molecule has 2 bridgehead atoms. The molecule has 3 saturated carbocycles. The van der Waals surface area contributed by atoms with Crippen LogP contribution in [0.25, 0.3) is 0 Å². The van der Waals surface area contributed by atoms with Gasteiger partial charge in [-0.2, -0.15) is 0 Å². The van der Waals surface area contributed by atoms with Gasteiger partial charge >= 0.3 is 0 Å². The van der Waals surface area contributed by atoms with E-state index in [9.17, 15) is 9.59 Å². The van der Waals surface area contributed by atoms with Crippen LogP contribution in [0.4, 0.5) is 0 Å². The van der Waals surface area contributed by atoms with Gasteiger partial charge in [-0.05, 0) is 75.5 Å². The fourth-order valence-corrected chi connectivity index (χ4v) is 6.73. The Labute approximate surface area is 160 Å². The van der Waals surface area contributed by atoms with Gasteiger partial charge in [-0.3, -0.25) is 9.59 Å². The van der Waals surface area contributed by atoms with Crippen LogP contribution in [0.3, 0.4) is 0 Å². The van der Waals surface area contributed by atoms with Crippen LogP contribution in [-0.4, -0.2) is 30.2 Å². The van der Waals surface area contributed by atoms with E-state index in [1.54, 1.807) is 6.92 Å². The third-order valence-electron chi connectivity index (χ3n) is 7.82. The first-order valence-corrected chi connectivity index (χ1v) is 11.1. The lowest BCUT2D eigenvalue weighted by molar-refractivity contribution is -0.142. The number of fused-ring (bicyclic) bond motifs is 2. The van der Waals surface area contributed by atoms with E-state index in [1.165, 1.54) is 38.5 Å². The number of carbonyl (C=O) groups excluding carboxylic acids is 2. The zero-order chi connectivity index (χ0) is 18.9. The van der Waals surface area contributed by atoms with Crippen LogP contribution in [-0.2, 0) is 9.59 Å². The number of hydrogen-bond acceptors (Lipinski definition) is 2. The van der Waals surface area contributed by atoms with Gasteiger partial charge in [0, 0.05) is 24.9 Å². The molecule has 0 aromatic carbocycles. The molecule has 0 heterocycles. The van der Waals surface area contributed by atoms with Gasteiger partial charge in [-0.15, -0.1) is 0 Å². The molecule has 26 heavy (non-hydrogen) atoms. The summed E-state index contributed by atoms with van der Waals surface area (Å²) in [4.78, 5) is 28.0. The molecule has 3 rings (SSSR count). The van der Waals surface area contributed by atoms with Crippen LogP contribution in [0.5, 0.6) is 0 Å². The van der Waals surface area contributed by atoms with Gasteiger partial charge in [-0.1, -0.05) is 33.1 Å². The molecule has 0 N–H and O–H groups in total. The summed E-state index contributed by atoms with van der Waals surface area (Å²) in [5, 5.41) is 0. The Morgan fingerprint density at radius 3 is 2.27 bits per heavy atom. The van der Waals surface area contributed by atoms with Crippen LogP contribution >= 0.6 is 0 Å². The minimum Gasteiger partial charge on any atom is -0.345 e. The van der Waals surface area contributed by atoms with E-state index >= 15 is 0 Å². The average molecular weight is 362 g/mol. The lowest BCUT2D eigenvalue weighted by Gasteiger charge is -2.45. The Morgan fingerprint density at radius 2 is 1.62 bits per heavy atom. The quantitative estimate of drug-likeness (QED) is 0.700. The van der Waals surface area contributed by atoms with Crippen LogP contribution in [0.2, 0.25) is 0 Å². The fourth-order valence-electron chi connectivity index (χ4n) is 6.73. The van der Waals surface area contributed by atoms with E-state index in [2.05, 4.69) is 13.8 Å². The van der Waals surface area contributed by atoms with Gasteiger partial charge in [0.15, 0.2) is 0 Å². The van der Waals surface area contributed by atoms with Crippen LogP contribution in [0.1, 0.15) is 85.0 Å². The van der Waals surface area contributed by atoms with Crippen molar-refractivity contribution in [3.8, 4) is 0 Å². The molecule has 0 aromatic rings. The van der Waals surface area contributed by atoms with Gasteiger partial charge in [0.25, 0.3) is 0 Å². The number of hydrogen-bond donors (Lipinski definition) is 0. The molecule has 0 aromatic heterocycles. The van der Waals surface area contributed by atoms with Crippen LogP contribution in [0.15, 0.2) is 0 Å². The predicted molar refractivity (Wildman–Crippen MR) is 106 cm³/mol. The molecule has 3 fully saturated rings. The fraction of sp³-hybridized carbons (Fsp3) is 0.913. The van der Waals surface area contributed by atoms with Crippen LogP contribution < -0.4 is 0 Å². The normalized spacial score (nSPS) is 38.5. The summed E-state index contributed by atoms with van der Waals surface area (Å²) in [6.07, 6.45) is 11.6. The second-order valence-corrected chi connectivity index (χ2v) is 10.2. The Kier molecular flexibility index (Phi) is 6.14. The van der Waals surface area contributed by atoms with E-state index in [1.807, 2.05) is 11.9 Å². The third kappa shape index (κ3) is 4.02. The molecule has 1 amide bonds. The Bertz CT molecular complexity index is 524. The van der Waals surface area contributed by atoms with E-state index in [0.717, 1.165) is 31.6 Å². The zero-order valence-corrected chi connectivity index (χ0v) is 17.4. The van der Waals surface area contributed by atoms with E-state index in [-0.39, 0.29) is 11.3 Å². The van der Waals surface area contributed by atoms with Gasteiger partial charge in [-0.25, -0.2) is 0 Å². The van der Waals surface area contributed by atoms with Crippen molar-refractivity contribution in [2.45, 2.75) is 85.0 Å². The van der Waals surface area contributed by atoms with Crippen molar-refractivity contribution in [2.75, 3.05) is 13.6 Å². The average Bonchev–Trinajstić information content (AvgIpc) is 2.69. The molecule has 3 aliphatic carbocycles. The molecule has 3 aliphatic rings. The molecule has 3 heteroatoms. The van der Waals surface area contributed by atoms with Crippen molar-refractivity contribution in [3.63, 3.8) is 0 Å². The van der Waals surface area contributed by atoms with Crippen molar-refractivity contribution in [1.29, 1.82) is 0 Å². The van der Waals surface area contributed by atoms with Crippen LogP contribution in [0, 0.1) is 35.0 Å². The van der Waals surface area contributed by atoms with Crippen molar-refractivity contribution in [1.82, 2.24) is 4.90 Å². The highest BCUT2D eigenvalue weighted by atomic mass is 16.2. The lowest BCUT2D eigenvalue weighted by Crippen LogP contribution is -2.50. The number of nitrogens with zero attached hydrogens (tertiary/aromatic N) is 1. The summed E-state index contributed by atoms with van der Waals surface area (Å²) in [5.41, 5.74) is -0.318. The summed E-state index contributed by atoms with van der Waals surface area (Å²) >= 11 is 0. The Morgan fingerprint density at radius 1 is 0.962 bits per heavy atom. The number of rotatable bonds is 4. The van der Waals surface area contributed by atoms with E-state index in [0.29, 0.717) is 36.0 Å². The van der Waals surface area contributed by atoms with Crippen molar-refractivity contribution in [3.05, 3.63) is 0 Å². The minimum absolute atomic E-state index is 0.194. The highest BCUT2D eigenvalue weighted by molar-refractivity contribution is 5.85. The molecule has 3 nitrogen and oxygen atoms in total. The smallest absolute Gasteiger partial charge is 0.225 e. The Balaban J connectivity index is 1.81.